The topological polar surface area (TPSA) is 44.5 Å². The molecule has 0 fully saturated rings. The maximum absolute atomic E-state index is 5.03. The molecule has 0 bridgehead atoms. The van der Waals surface area contributed by atoms with Crippen LogP contribution in [0.25, 0.3) is 32.0 Å². The molecule has 3 aromatic heterocycles. The summed E-state index contributed by atoms with van der Waals surface area (Å²) in [5.41, 5.74) is 5.90. The quantitative estimate of drug-likeness (QED) is 0.365. The molecule has 0 saturated carbocycles. The van der Waals surface area contributed by atoms with Gasteiger partial charge in [-0.1, -0.05) is 48.5 Å². The van der Waals surface area contributed by atoms with E-state index in [2.05, 4.69) is 95.2 Å². The number of rotatable bonds is 3. The predicted molar refractivity (Wildman–Crippen MR) is 117 cm³/mol. The molecule has 3 heterocycles. The van der Waals surface area contributed by atoms with Crippen molar-refractivity contribution < 1.29 is 0 Å². The zero-order valence-corrected chi connectivity index (χ0v) is 15.8. The van der Waals surface area contributed by atoms with Crippen molar-refractivity contribution in [3.8, 4) is 0 Å². The van der Waals surface area contributed by atoms with Crippen molar-refractivity contribution >= 4 is 43.4 Å². The van der Waals surface area contributed by atoms with Crippen molar-refractivity contribution in [3.05, 3.63) is 101 Å². The number of para-hydroxylation sites is 3. The number of thiazole rings is 1. The maximum Gasteiger partial charge on any atom is 0.106 e. The van der Waals surface area contributed by atoms with E-state index in [9.17, 15) is 0 Å². The summed E-state index contributed by atoms with van der Waals surface area (Å²) in [6, 6.07) is 25.4. The summed E-state index contributed by atoms with van der Waals surface area (Å²) >= 11 is 1.78. The van der Waals surface area contributed by atoms with Crippen LogP contribution in [0.15, 0.2) is 85.2 Å². The largest absolute Gasteiger partial charge is 0.361 e. The van der Waals surface area contributed by atoms with Gasteiger partial charge < -0.3 is 9.97 Å². The molecular weight excluding hydrogens is 362 g/mol. The molecule has 0 unspecified atom stereocenters. The number of hydrogen-bond donors (Lipinski definition) is 2. The van der Waals surface area contributed by atoms with Gasteiger partial charge in [0.25, 0.3) is 0 Å². The molecule has 0 spiro atoms. The molecule has 4 heteroatoms. The minimum Gasteiger partial charge on any atom is -0.361 e. The third kappa shape index (κ3) is 2.31. The van der Waals surface area contributed by atoms with Crippen LogP contribution in [0, 0.1) is 0 Å². The number of aromatic nitrogens is 3. The molecule has 3 nitrogen and oxygen atoms in total. The van der Waals surface area contributed by atoms with Crippen LogP contribution in [-0.2, 0) is 0 Å². The van der Waals surface area contributed by atoms with Crippen LogP contribution in [0.1, 0.15) is 22.1 Å². The highest BCUT2D eigenvalue weighted by molar-refractivity contribution is 7.18. The van der Waals surface area contributed by atoms with Crippen molar-refractivity contribution in [1.29, 1.82) is 0 Å². The molecule has 6 rings (SSSR count). The Morgan fingerprint density at radius 1 is 0.679 bits per heavy atom. The highest BCUT2D eigenvalue weighted by Crippen LogP contribution is 2.41. The fraction of sp³-hybridized carbons (Fsp3) is 0.0417. The maximum atomic E-state index is 5.03. The Kier molecular flexibility index (Phi) is 3.40. The molecule has 0 aliphatic rings. The lowest BCUT2D eigenvalue weighted by molar-refractivity contribution is 0.981. The first-order chi connectivity index (χ1) is 13.9. The van der Waals surface area contributed by atoms with E-state index < -0.39 is 0 Å². The van der Waals surface area contributed by atoms with Crippen molar-refractivity contribution in [2.24, 2.45) is 0 Å². The van der Waals surface area contributed by atoms with Gasteiger partial charge in [0.2, 0.25) is 0 Å². The number of H-pyrrole nitrogens is 2. The number of hydrogen-bond acceptors (Lipinski definition) is 2. The molecular formula is C24H17N3S. The lowest BCUT2D eigenvalue weighted by Gasteiger charge is -2.14. The summed E-state index contributed by atoms with van der Waals surface area (Å²) < 4.78 is 1.22. The summed E-state index contributed by atoms with van der Waals surface area (Å²) in [6.45, 7) is 0. The Hall–Kier alpha value is -3.37. The number of nitrogens with zero attached hydrogens (tertiary/aromatic N) is 1. The van der Waals surface area contributed by atoms with Crippen LogP contribution in [-0.4, -0.2) is 15.0 Å². The number of aromatic amines is 2. The van der Waals surface area contributed by atoms with Gasteiger partial charge in [0.1, 0.15) is 5.01 Å². The molecule has 0 aliphatic heterocycles. The van der Waals surface area contributed by atoms with Gasteiger partial charge in [-0.15, -0.1) is 11.3 Å². The van der Waals surface area contributed by atoms with E-state index in [4.69, 9.17) is 4.98 Å². The SMILES string of the molecule is c1ccc2sc(C(c3c[nH]c4ccccc34)c3c[nH]c4ccccc34)nc2c1. The van der Waals surface area contributed by atoms with E-state index in [0.29, 0.717) is 0 Å². The first-order valence-electron chi connectivity index (χ1n) is 9.36. The van der Waals surface area contributed by atoms with Crippen molar-refractivity contribution in [1.82, 2.24) is 15.0 Å². The number of fused-ring (bicyclic) bond motifs is 3. The fourth-order valence-corrected chi connectivity index (χ4v) is 5.22. The minimum atomic E-state index is 0.0738. The van der Waals surface area contributed by atoms with Gasteiger partial charge in [-0.2, -0.15) is 0 Å². The van der Waals surface area contributed by atoms with Gasteiger partial charge in [0.05, 0.1) is 16.1 Å². The molecule has 134 valence electrons. The normalized spacial score (nSPS) is 11.9. The predicted octanol–water partition coefficient (Wildman–Crippen LogP) is 6.44. The lowest BCUT2D eigenvalue weighted by Crippen LogP contribution is -2.01. The molecule has 2 N–H and O–H groups in total. The van der Waals surface area contributed by atoms with Crippen molar-refractivity contribution in [2.45, 2.75) is 5.92 Å². The van der Waals surface area contributed by atoms with E-state index in [1.54, 1.807) is 11.3 Å². The fourth-order valence-electron chi connectivity index (χ4n) is 4.11. The smallest absolute Gasteiger partial charge is 0.106 e. The monoisotopic (exact) mass is 379 g/mol. The third-order valence-electron chi connectivity index (χ3n) is 5.42. The molecule has 0 saturated heterocycles. The summed E-state index contributed by atoms with van der Waals surface area (Å²) in [6.07, 6.45) is 4.28. The minimum absolute atomic E-state index is 0.0738. The van der Waals surface area contributed by atoms with E-state index in [-0.39, 0.29) is 5.92 Å². The number of nitrogens with one attached hydrogen (secondary N) is 2. The van der Waals surface area contributed by atoms with Crippen LogP contribution in [0.3, 0.4) is 0 Å². The summed E-state index contributed by atoms with van der Waals surface area (Å²) in [4.78, 5) is 11.9. The van der Waals surface area contributed by atoms with Gasteiger partial charge >= 0.3 is 0 Å². The van der Waals surface area contributed by atoms with Gasteiger partial charge in [-0.05, 0) is 35.4 Å². The Labute approximate surface area is 165 Å². The van der Waals surface area contributed by atoms with Crippen LogP contribution < -0.4 is 0 Å². The van der Waals surface area contributed by atoms with Crippen LogP contribution in [0.2, 0.25) is 0 Å². The molecule has 0 radical (unpaired) electrons. The summed E-state index contributed by atoms with van der Waals surface area (Å²) in [5, 5.41) is 3.62. The average molecular weight is 379 g/mol. The summed E-state index contributed by atoms with van der Waals surface area (Å²) in [5.74, 6) is 0.0738. The first kappa shape index (κ1) is 15.7. The van der Waals surface area contributed by atoms with Crippen LogP contribution in [0.4, 0.5) is 0 Å². The van der Waals surface area contributed by atoms with Gasteiger partial charge in [-0.25, -0.2) is 4.98 Å². The Bertz CT molecular complexity index is 1330. The Morgan fingerprint density at radius 2 is 1.25 bits per heavy atom. The van der Waals surface area contributed by atoms with Gasteiger partial charge in [-0.3, -0.25) is 0 Å². The Morgan fingerprint density at radius 3 is 1.89 bits per heavy atom. The highest BCUT2D eigenvalue weighted by atomic mass is 32.1. The van der Waals surface area contributed by atoms with Crippen molar-refractivity contribution in [2.75, 3.05) is 0 Å². The second-order valence-corrected chi connectivity index (χ2v) is 8.09. The van der Waals surface area contributed by atoms with Crippen molar-refractivity contribution in [3.63, 3.8) is 0 Å². The van der Waals surface area contributed by atoms with E-state index in [1.165, 1.54) is 26.6 Å². The van der Waals surface area contributed by atoms with E-state index >= 15 is 0 Å². The average Bonchev–Trinajstić information content (AvgIpc) is 3.46. The second kappa shape index (κ2) is 6.08. The zero-order valence-electron chi connectivity index (χ0n) is 15.0. The van der Waals surface area contributed by atoms with E-state index in [0.717, 1.165) is 21.6 Å². The van der Waals surface area contributed by atoms with Gasteiger partial charge in [0.15, 0.2) is 0 Å². The van der Waals surface area contributed by atoms with Crippen LogP contribution in [0.5, 0.6) is 0 Å². The molecule has 0 aliphatic carbocycles. The highest BCUT2D eigenvalue weighted by Gasteiger charge is 2.26. The standard InChI is InChI=1S/C24H17N3S/c1-3-9-19-15(7-1)17(13-25-19)23(18-14-26-20-10-4-2-8-16(18)20)24-27-21-11-5-6-12-22(21)28-24/h1-14,23,25-26H. The molecule has 0 amide bonds. The second-order valence-electron chi connectivity index (χ2n) is 7.03. The third-order valence-corrected chi connectivity index (χ3v) is 6.52. The molecule has 3 aromatic carbocycles. The van der Waals surface area contributed by atoms with Gasteiger partial charge in [0, 0.05) is 34.2 Å². The summed E-state index contributed by atoms with van der Waals surface area (Å²) in [7, 11) is 0. The molecule has 28 heavy (non-hydrogen) atoms. The first-order valence-corrected chi connectivity index (χ1v) is 10.2. The van der Waals surface area contributed by atoms with Crippen LogP contribution >= 0.6 is 11.3 Å². The number of benzene rings is 3. The molecule has 6 aromatic rings. The van der Waals surface area contributed by atoms with E-state index in [1.807, 2.05) is 0 Å². The lowest BCUT2D eigenvalue weighted by atomic mass is 9.91. The Balaban J connectivity index is 1.66. The zero-order chi connectivity index (χ0) is 18.5. The molecule has 0 atom stereocenters.